The summed E-state index contributed by atoms with van der Waals surface area (Å²) in [5.74, 6) is -0.150. The molecule has 172 valence electrons. The molecule has 0 saturated heterocycles. The van der Waals surface area contributed by atoms with Crippen molar-refractivity contribution in [1.82, 2.24) is 10.2 Å². The highest BCUT2D eigenvalue weighted by Gasteiger charge is 2.29. The quantitative estimate of drug-likeness (QED) is 0.396. The molecule has 0 unspecified atom stereocenters. The topological polar surface area (TPSA) is 49.4 Å². The van der Waals surface area contributed by atoms with Crippen LogP contribution in [0, 0.1) is 6.92 Å². The zero-order chi connectivity index (χ0) is 23.6. The van der Waals surface area contributed by atoms with Crippen LogP contribution in [0.15, 0.2) is 83.3 Å². The lowest BCUT2D eigenvalue weighted by Gasteiger charge is -2.31. The van der Waals surface area contributed by atoms with Gasteiger partial charge < -0.3 is 10.2 Å². The van der Waals surface area contributed by atoms with Gasteiger partial charge in [0.25, 0.3) is 0 Å². The van der Waals surface area contributed by atoms with E-state index in [1.165, 1.54) is 5.56 Å². The molecule has 4 nitrogen and oxygen atoms in total. The molecule has 0 heterocycles. The summed E-state index contributed by atoms with van der Waals surface area (Å²) < 4.78 is 0.949. The summed E-state index contributed by atoms with van der Waals surface area (Å²) in [5, 5.41) is 2.94. The lowest BCUT2D eigenvalue weighted by Crippen LogP contribution is -2.50. The first-order chi connectivity index (χ1) is 16.0. The van der Waals surface area contributed by atoms with E-state index < -0.39 is 6.04 Å². The molecular weight excluding hydrogens is 476 g/mol. The van der Waals surface area contributed by atoms with Gasteiger partial charge in [-0.2, -0.15) is 0 Å². The highest BCUT2D eigenvalue weighted by Crippen LogP contribution is 2.19. The Morgan fingerprint density at radius 3 is 2.27 bits per heavy atom. The predicted molar refractivity (Wildman–Crippen MR) is 137 cm³/mol. The van der Waals surface area contributed by atoms with E-state index in [2.05, 4.69) is 52.4 Å². The van der Waals surface area contributed by atoms with Gasteiger partial charge in [0.2, 0.25) is 11.8 Å². The number of rotatable bonds is 10. The molecule has 1 atom stereocenters. The Kier molecular flexibility index (Phi) is 9.25. The first-order valence-electron chi connectivity index (χ1n) is 11.4. The lowest BCUT2D eigenvalue weighted by molar-refractivity contribution is -0.141. The van der Waals surface area contributed by atoms with Gasteiger partial charge >= 0.3 is 0 Å². The fourth-order valence-corrected chi connectivity index (χ4v) is 4.27. The van der Waals surface area contributed by atoms with Crippen LogP contribution in [0.25, 0.3) is 0 Å². The minimum Gasteiger partial charge on any atom is -0.355 e. The van der Waals surface area contributed by atoms with Gasteiger partial charge in [-0.15, -0.1) is 0 Å². The number of aryl methyl sites for hydroxylation is 2. The molecule has 0 aliphatic rings. The number of carbonyl (C=O) groups is 2. The zero-order valence-electron chi connectivity index (χ0n) is 19.3. The fourth-order valence-electron chi connectivity index (χ4n) is 3.83. The molecule has 0 aliphatic heterocycles. The second-order valence-electron chi connectivity index (χ2n) is 8.24. The number of nitrogens with zero attached hydrogens (tertiary/aromatic N) is 1. The molecule has 0 bridgehead atoms. The molecular formula is C28H31BrN2O2. The molecule has 0 spiro atoms. The largest absolute Gasteiger partial charge is 0.355 e. The molecule has 3 aromatic rings. The van der Waals surface area contributed by atoms with Crippen LogP contribution in [0.1, 0.15) is 35.6 Å². The van der Waals surface area contributed by atoms with Crippen molar-refractivity contribution >= 4 is 27.7 Å². The van der Waals surface area contributed by atoms with Gasteiger partial charge in [-0.3, -0.25) is 9.59 Å². The van der Waals surface area contributed by atoms with Crippen molar-refractivity contribution in [1.29, 1.82) is 0 Å². The average molecular weight is 507 g/mol. The molecule has 0 radical (unpaired) electrons. The number of hydrogen-bond donors (Lipinski definition) is 1. The molecule has 0 aliphatic carbocycles. The first kappa shape index (κ1) is 24.7. The van der Waals surface area contributed by atoms with E-state index in [1.807, 2.05) is 61.5 Å². The Bertz CT molecular complexity index is 1050. The molecule has 3 rings (SSSR count). The van der Waals surface area contributed by atoms with E-state index in [0.29, 0.717) is 32.4 Å². The summed E-state index contributed by atoms with van der Waals surface area (Å²) >= 11 is 3.52. The first-order valence-corrected chi connectivity index (χ1v) is 12.2. The third kappa shape index (κ3) is 7.57. The number of benzene rings is 3. The number of amides is 2. The maximum absolute atomic E-state index is 13.5. The maximum Gasteiger partial charge on any atom is 0.243 e. The maximum atomic E-state index is 13.5. The van der Waals surface area contributed by atoms with Crippen LogP contribution in [0.2, 0.25) is 0 Å². The second kappa shape index (κ2) is 12.4. The molecule has 0 saturated carbocycles. The zero-order valence-corrected chi connectivity index (χ0v) is 20.8. The summed E-state index contributed by atoms with van der Waals surface area (Å²) in [6.45, 7) is 4.84. The molecule has 0 aromatic heterocycles. The SMILES string of the molecule is CCNC(=O)[C@H](Cc1ccccc1)N(Cc1cccc(Br)c1)C(=O)CCc1ccc(C)cc1. The van der Waals surface area contributed by atoms with Crippen LogP contribution in [0.3, 0.4) is 0 Å². The average Bonchev–Trinajstić information content (AvgIpc) is 2.81. The minimum atomic E-state index is -0.586. The van der Waals surface area contributed by atoms with E-state index in [1.54, 1.807) is 4.90 Å². The normalized spacial score (nSPS) is 11.6. The van der Waals surface area contributed by atoms with Crippen LogP contribution in [-0.4, -0.2) is 29.3 Å². The van der Waals surface area contributed by atoms with Crippen molar-refractivity contribution in [2.45, 2.75) is 45.7 Å². The number of halogens is 1. The lowest BCUT2D eigenvalue weighted by atomic mass is 10.0. The smallest absolute Gasteiger partial charge is 0.243 e. The summed E-state index contributed by atoms with van der Waals surface area (Å²) in [7, 11) is 0. The van der Waals surface area contributed by atoms with Crippen molar-refractivity contribution in [2.24, 2.45) is 0 Å². The van der Waals surface area contributed by atoms with Crippen molar-refractivity contribution in [2.75, 3.05) is 6.54 Å². The van der Waals surface area contributed by atoms with E-state index in [4.69, 9.17) is 0 Å². The Morgan fingerprint density at radius 1 is 0.909 bits per heavy atom. The van der Waals surface area contributed by atoms with Gasteiger partial charge in [0.15, 0.2) is 0 Å². The highest BCUT2D eigenvalue weighted by molar-refractivity contribution is 9.10. The molecule has 0 fully saturated rings. The Morgan fingerprint density at radius 2 is 1.61 bits per heavy atom. The Balaban J connectivity index is 1.88. The van der Waals surface area contributed by atoms with E-state index in [-0.39, 0.29) is 11.8 Å². The number of hydrogen-bond acceptors (Lipinski definition) is 2. The molecule has 33 heavy (non-hydrogen) atoms. The van der Waals surface area contributed by atoms with Crippen molar-refractivity contribution in [3.8, 4) is 0 Å². The Hall–Kier alpha value is -2.92. The number of nitrogens with one attached hydrogen (secondary N) is 1. The van der Waals surface area contributed by atoms with Gasteiger partial charge in [0.05, 0.1) is 0 Å². The van der Waals surface area contributed by atoms with Crippen LogP contribution >= 0.6 is 15.9 Å². The van der Waals surface area contributed by atoms with Gasteiger partial charge in [-0.05, 0) is 49.1 Å². The van der Waals surface area contributed by atoms with Gasteiger partial charge in [0, 0.05) is 30.4 Å². The monoisotopic (exact) mass is 506 g/mol. The van der Waals surface area contributed by atoms with E-state index in [9.17, 15) is 9.59 Å². The fraction of sp³-hybridized carbons (Fsp3) is 0.286. The summed E-state index contributed by atoms with van der Waals surface area (Å²) in [4.78, 5) is 28.4. The predicted octanol–water partition coefficient (Wildman–Crippen LogP) is 5.47. The standard InChI is InChI=1S/C28H31BrN2O2/c1-3-30-28(33)26(19-23-8-5-4-6-9-23)31(20-24-10-7-11-25(29)18-24)27(32)17-16-22-14-12-21(2)13-15-22/h4-15,18,26H,3,16-17,19-20H2,1-2H3,(H,30,33)/t26-/m0/s1. The second-order valence-corrected chi connectivity index (χ2v) is 9.15. The molecule has 2 amide bonds. The molecule has 1 N–H and O–H groups in total. The van der Waals surface area contributed by atoms with Crippen LogP contribution in [0.4, 0.5) is 0 Å². The highest BCUT2D eigenvalue weighted by atomic mass is 79.9. The summed E-state index contributed by atoms with van der Waals surface area (Å²) in [6, 6.07) is 25.4. The number of carbonyl (C=O) groups excluding carboxylic acids is 2. The van der Waals surface area contributed by atoms with Crippen molar-refractivity contribution < 1.29 is 9.59 Å². The van der Waals surface area contributed by atoms with Crippen molar-refractivity contribution in [3.05, 3.63) is 106 Å². The van der Waals surface area contributed by atoms with E-state index >= 15 is 0 Å². The van der Waals surface area contributed by atoms with Crippen LogP contribution in [-0.2, 0) is 29.0 Å². The Labute approximate surface area is 205 Å². The summed E-state index contributed by atoms with van der Waals surface area (Å²) in [5.41, 5.74) is 4.32. The van der Waals surface area contributed by atoms with Gasteiger partial charge in [-0.25, -0.2) is 0 Å². The van der Waals surface area contributed by atoms with Gasteiger partial charge in [0.1, 0.15) is 6.04 Å². The third-order valence-electron chi connectivity index (χ3n) is 5.61. The molecule has 5 heteroatoms. The van der Waals surface area contributed by atoms with Gasteiger partial charge in [-0.1, -0.05) is 88.2 Å². The van der Waals surface area contributed by atoms with Crippen LogP contribution in [0.5, 0.6) is 0 Å². The minimum absolute atomic E-state index is 0.0252. The number of likely N-dealkylation sites (N-methyl/N-ethyl adjacent to an activating group) is 1. The molecule has 3 aromatic carbocycles. The van der Waals surface area contributed by atoms with E-state index in [0.717, 1.165) is 21.2 Å². The summed E-state index contributed by atoms with van der Waals surface area (Å²) in [6.07, 6.45) is 1.46. The van der Waals surface area contributed by atoms with Crippen LogP contribution < -0.4 is 5.32 Å². The van der Waals surface area contributed by atoms with Crippen molar-refractivity contribution in [3.63, 3.8) is 0 Å². The third-order valence-corrected chi connectivity index (χ3v) is 6.11.